The van der Waals surface area contributed by atoms with Gasteiger partial charge in [-0.15, -0.1) is 0 Å². The zero-order chi connectivity index (χ0) is 25.3. The minimum atomic E-state index is -1.72. The van der Waals surface area contributed by atoms with Crippen molar-refractivity contribution in [2.75, 3.05) is 0 Å². The highest BCUT2D eigenvalue weighted by molar-refractivity contribution is 6.86. The van der Waals surface area contributed by atoms with Crippen LogP contribution in [0.3, 0.4) is 0 Å². The van der Waals surface area contributed by atoms with Gasteiger partial charge in [0.05, 0.1) is 11.1 Å². The Balaban J connectivity index is 1.62. The van der Waals surface area contributed by atoms with Gasteiger partial charge in [-0.25, -0.2) is 0 Å². The lowest BCUT2D eigenvalue weighted by atomic mass is 9.48. The van der Waals surface area contributed by atoms with Crippen LogP contribution in [-0.4, -0.2) is 15.5 Å². The monoisotopic (exact) mass is 495 g/mol. The van der Waals surface area contributed by atoms with Gasteiger partial charge in [0.15, 0.2) is 11.4 Å². The zero-order valence-corrected chi connectivity index (χ0v) is 21.1. The fraction of sp³-hybridized carbons (Fsp3) is 0. The van der Waals surface area contributed by atoms with Gasteiger partial charge in [0.25, 0.3) is 0 Å². The van der Waals surface area contributed by atoms with Gasteiger partial charge >= 0.3 is 6.55 Å². The summed E-state index contributed by atoms with van der Waals surface area (Å²) >= 11 is 0. The van der Waals surface area contributed by atoms with E-state index in [1.165, 1.54) is 71.6 Å². The molecular formula is C35H22BN3. The van der Waals surface area contributed by atoms with Gasteiger partial charge in [-0.3, -0.25) is 0 Å². The molecule has 3 nitrogen and oxygen atoms in total. The van der Waals surface area contributed by atoms with Crippen LogP contribution in [0.5, 0.6) is 0 Å². The van der Waals surface area contributed by atoms with E-state index in [1.54, 1.807) is 0 Å². The van der Waals surface area contributed by atoms with Crippen molar-refractivity contribution in [1.82, 2.24) is 8.96 Å². The summed E-state index contributed by atoms with van der Waals surface area (Å²) in [6.07, 6.45) is 0. The van der Waals surface area contributed by atoms with Crippen molar-refractivity contribution in [3.63, 3.8) is 0 Å². The molecule has 39 heavy (non-hydrogen) atoms. The lowest BCUT2D eigenvalue weighted by Gasteiger charge is -2.47. The Morgan fingerprint density at radius 1 is 0.410 bits per heavy atom. The quantitative estimate of drug-likeness (QED) is 0.219. The third-order valence-electron chi connectivity index (χ3n) is 9.37. The molecule has 0 N–H and O–H groups in total. The SMILES string of the molecule is c1ccc([B-]23n4c5ccccc5c5cccc(c54)-c4cccc([n+]42)-c2cccc4c5ccccc5n3c24)cc1. The van der Waals surface area contributed by atoms with Crippen molar-refractivity contribution in [3.05, 3.63) is 133 Å². The minimum Gasteiger partial charge on any atom is -0.429 e. The van der Waals surface area contributed by atoms with Crippen LogP contribution in [0.4, 0.5) is 0 Å². The molecule has 8 aromatic rings. The van der Waals surface area contributed by atoms with Gasteiger partial charge in [-0.05, 0) is 30.3 Å². The van der Waals surface area contributed by atoms with Gasteiger partial charge in [0, 0.05) is 55.7 Å². The number of nitrogens with zero attached hydrogens (tertiary/aromatic N) is 3. The molecule has 0 unspecified atom stereocenters. The number of hydrogen-bond donors (Lipinski definition) is 0. The molecule has 0 bridgehead atoms. The van der Waals surface area contributed by atoms with Crippen LogP contribution in [0.1, 0.15) is 0 Å². The minimum absolute atomic E-state index is 1.26. The first-order chi connectivity index (χ1) is 19.4. The summed E-state index contributed by atoms with van der Waals surface area (Å²) in [5.41, 5.74) is 11.5. The molecule has 5 heterocycles. The Bertz CT molecular complexity index is 2200. The molecule has 0 saturated heterocycles. The van der Waals surface area contributed by atoms with Gasteiger partial charge in [-0.2, -0.15) is 0 Å². The molecule has 0 spiro atoms. The largest absolute Gasteiger partial charge is 0.514 e. The topological polar surface area (TPSA) is 13.7 Å². The number of rotatable bonds is 1. The van der Waals surface area contributed by atoms with E-state index < -0.39 is 6.55 Å². The molecule has 180 valence electrons. The third kappa shape index (κ3) is 2.08. The average Bonchev–Trinajstić information content (AvgIpc) is 3.53. The molecule has 3 aromatic heterocycles. The Morgan fingerprint density at radius 3 is 1.44 bits per heavy atom. The predicted octanol–water partition coefficient (Wildman–Crippen LogP) is 6.94. The molecule has 4 heteroatoms. The van der Waals surface area contributed by atoms with E-state index >= 15 is 0 Å². The average molecular weight is 495 g/mol. The summed E-state index contributed by atoms with van der Waals surface area (Å²) < 4.78 is 8.04. The number of aromatic nitrogens is 3. The van der Waals surface area contributed by atoms with Crippen molar-refractivity contribution in [1.29, 1.82) is 0 Å². The van der Waals surface area contributed by atoms with E-state index in [0.29, 0.717) is 0 Å². The Labute approximate surface area is 224 Å². The molecule has 0 amide bonds. The summed E-state index contributed by atoms with van der Waals surface area (Å²) in [5, 5.41) is 5.22. The van der Waals surface area contributed by atoms with Crippen LogP contribution in [0.2, 0.25) is 0 Å². The van der Waals surface area contributed by atoms with Crippen molar-refractivity contribution in [3.8, 4) is 22.5 Å². The maximum atomic E-state index is 2.69. The van der Waals surface area contributed by atoms with Crippen LogP contribution in [0.15, 0.2) is 133 Å². The standard InChI is InChI=1S/C35H22BN3/c1-2-11-23(12-3-1)36-37-32(28-17-8-15-26-24-13-4-6-19-30(24)38(36)34(26)28)21-10-22-33(37)29-18-9-16-27-25-14-5-7-20-31(25)39(36)35(27)29/h1-22H. The predicted molar refractivity (Wildman–Crippen MR) is 162 cm³/mol. The van der Waals surface area contributed by atoms with E-state index in [0.717, 1.165) is 0 Å². The van der Waals surface area contributed by atoms with E-state index in [4.69, 9.17) is 0 Å². The Morgan fingerprint density at radius 2 is 0.872 bits per heavy atom. The molecule has 0 saturated carbocycles. The second kappa shape index (κ2) is 6.67. The maximum absolute atomic E-state index is 2.69. The molecular weight excluding hydrogens is 473 g/mol. The summed E-state index contributed by atoms with van der Waals surface area (Å²) in [6, 6.07) is 49.6. The van der Waals surface area contributed by atoms with Crippen LogP contribution in [0, 0.1) is 0 Å². The van der Waals surface area contributed by atoms with Gasteiger partial charge in [0.1, 0.15) is 0 Å². The first-order valence-corrected chi connectivity index (χ1v) is 13.7. The number of benzene rings is 5. The molecule has 0 atom stereocenters. The number of para-hydroxylation sites is 4. The Kier molecular flexibility index (Phi) is 3.41. The number of fused-ring (bicyclic) bond motifs is 10. The highest BCUT2D eigenvalue weighted by Gasteiger charge is 2.55. The highest BCUT2D eigenvalue weighted by atomic mass is 15.3. The lowest BCUT2D eigenvalue weighted by molar-refractivity contribution is -0.526. The van der Waals surface area contributed by atoms with E-state index in [-0.39, 0.29) is 0 Å². The van der Waals surface area contributed by atoms with Gasteiger partial charge < -0.3 is 13.4 Å². The first kappa shape index (κ1) is 20.0. The summed E-state index contributed by atoms with van der Waals surface area (Å²) in [7, 11) is 0. The zero-order valence-electron chi connectivity index (χ0n) is 21.1. The molecule has 5 aromatic carbocycles. The van der Waals surface area contributed by atoms with Crippen LogP contribution in [0.25, 0.3) is 66.1 Å². The fourth-order valence-electron chi connectivity index (χ4n) is 8.12. The normalized spacial score (nSPS) is 14.4. The maximum Gasteiger partial charge on any atom is 0.514 e. The third-order valence-corrected chi connectivity index (χ3v) is 9.37. The van der Waals surface area contributed by atoms with E-state index in [1.807, 2.05) is 0 Å². The summed E-state index contributed by atoms with van der Waals surface area (Å²) in [5.74, 6) is 0. The van der Waals surface area contributed by atoms with Crippen LogP contribution in [-0.2, 0) is 0 Å². The van der Waals surface area contributed by atoms with Crippen molar-refractivity contribution in [2.24, 2.45) is 0 Å². The van der Waals surface area contributed by atoms with Crippen molar-refractivity contribution in [2.45, 2.75) is 0 Å². The number of pyridine rings is 1. The van der Waals surface area contributed by atoms with Gasteiger partial charge in [-0.1, -0.05) is 96.5 Å². The molecule has 10 rings (SSSR count). The molecule has 2 aliphatic rings. The van der Waals surface area contributed by atoms with Crippen LogP contribution < -0.4 is 9.94 Å². The second-order valence-electron chi connectivity index (χ2n) is 11.0. The van der Waals surface area contributed by atoms with Crippen LogP contribution >= 0.6 is 0 Å². The fourth-order valence-corrected chi connectivity index (χ4v) is 8.12. The molecule has 2 aliphatic heterocycles. The van der Waals surface area contributed by atoms with E-state index in [2.05, 4.69) is 147 Å². The van der Waals surface area contributed by atoms with Gasteiger partial charge in [0.2, 0.25) is 0 Å². The Hall–Kier alpha value is -5.09. The van der Waals surface area contributed by atoms with E-state index in [9.17, 15) is 0 Å². The summed E-state index contributed by atoms with van der Waals surface area (Å²) in [6.45, 7) is -1.72. The molecule has 0 radical (unpaired) electrons. The van der Waals surface area contributed by atoms with Crippen molar-refractivity contribution < 1.29 is 4.48 Å². The first-order valence-electron chi connectivity index (χ1n) is 13.7. The lowest BCUT2D eigenvalue weighted by Crippen LogP contribution is -2.83. The second-order valence-corrected chi connectivity index (χ2v) is 11.0. The number of hydrogen-bond acceptors (Lipinski definition) is 0. The highest BCUT2D eigenvalue weighted by Crippen LogP contribution is 2.46. The smallest absolute Gasteiger partial charge is 0.429 e. The van der Waals surface area contributed by atoms with Crippen molar-refractivity contribution >= 4 is 55.6 Å². The molecule has 0 fully saturated rings. The molecule has 0 aliphatic carbocycles. The summed E-state index contributed by atoms with van der Waals surface area (Å²) in [4.78, 5) is 0.